The summed E-state index contributed by atoms with van der Waals surface area (Å²) in [4.78, 5) is 65.8. The fourth-order valence-electron chi connectivity index (χ4n) is 6.24. The zero-order chi connectivity index (χ0) is 33.5. The number of hydrogen-bond acceptors (Lipinski definition) is 10. The molecule has 14 heteroatoms. The van der Waals surface area contributed by atoms with Crippen LogP contribution in [-0.4, -0.2) is 98.3 Å². The number of amides is 5. The summed E-state index contributed by atoms with van der Waals surface area (Å²) in [6, 6.07) is 11.4. The van der Waals surface area contributed by atoms with Crippen molar-refractivity contribution in [3.8, 4) is 5.75 Å². The van der Waals surface area contributed by atoms with Crippen LogP contribution in [0.15, 0.2) is 47.4 Å². The van der Waals surface area contributed by atoms with E-state index < -0.39 is 52.7 Å². The summed E-state index contributed by atoms with van der Waals surface area (Å²) in [5.41, 5.74) is 0.816. The number of rotatable bonds is 8. The Morgan fingerprint density at radius 3 is 2.43 bits per heavy atom. The number of piperidine rings is 2. The summed E-state index contributed by atoms with van der Waals surface area (Å²) in [7, 11) is 0. The highest BCUT2D eigenvalue weighted by molar-refractivity contribution is 7.89. The minimum atomic E-state index is -1.36. The van der Waals surface area contributed by atoms with E-state index in [0.717, 1.165) is 10.5 Å². The number of carbonyl (C=O) groups is 5. The van der Waals surface area contributed by atoms with Crippen LogP contribution in [-0.2, 0) is 32.2 Å². The molecule has 3 fully saturated rings. The lowest BCUT2D eigenvalue weighted by atomic mass is 10.0. The lowest BCUT2D eigenvalue weighted by molar-refractivity contribution is -0.136. The Hall–Kier alpha value is -3.98. The lowest BCUT2D eigenvalue weighted by Gasteiger charge is -2.39. The average molecular weight is 666 g/mol. The Labute approximate surface area is 276 Å². The Morgan fingerprint density at radius 1 is 1.00 bits per heavy atom. The lowest BCUT2D eigenvalue weighted by Crippen LogP contribution is -2.54. The van der Waals surface area contributed by atoms with Gasteiger partial charge in [-0.15, -0.1) is 4.31 Å². The molecule has 2 unspecified atom stereocenters. The highest BCUT2D eigenvalue weighted by Crippen LogP contribution is 2.30. The van der Waals surface area contributed by atoms with E-state index in [4.69, 9.17) is 9.47 Å². The van der Waals surface area contributed by atoms with Crippen LogP contribution >= 0.6 is 0 Å². The van der Waals surface area contributed by atoms with Crippen molar-refractivity contribution in [3.05, 3.63) is 59.2 Å². The largest absolute Gasteiger partial charge is 0.593 e. The SMILES string of the molecule is CC(C)(C)OC(=O)NC1CCN([S+]([O-])c2cccc(OC3CN(Cc4ccc5c(c4)C(=O)N(C4CCC(=O)NC4=O)C5=O)C3)c2)CC1. The van der Waals surface area contributed by atoms with Crippen molar-refractivity contribution < 1.29 is 38.0 Å². The smallest absolute Gasteiger partial charge is 0.407 e. The van der Waals surface area contributed by atoms with Gasteiger partial charge in [0.05, 0.1) is 22.5 Å². The van der Waals surface area contributed by atoms with Gasteiger partial charge in [-0.25, -0.2) is 4.79 Å². The average Bonchev–Trinajstić information content (AvgIpc) is 3.24. The van der Waals surface area contributed by atoms with E-state index in [1.54, 1.807) is 24.3 Å². The van der Waals surface area contributed by atoms with Gasteiger partial charge in [0.1, 0.15) is 23.5 Å². The van der Waals surface area contributed by atoms with Gasteiger partial charge in [0, 0.05) is 51.3 Å². The van der Waals surface area contributed by atoms with Crippen LogP contribution in [0.25, 0.3) is 0 Å². The number of ether oxygens (including phenoxy) is 2. The number of nitrogens with zero attached hydrogens (tertiary/aromatic N) is 3. The molecule has 250 valence electrons. The predicted molar refractivity (Wildman–Crippen MR) is 170 cm³/mol. The standard InChI is InChI=1S/C33H39N5O8S/c1-33(2,3)46-32(43)34-21-11-13-37(14-12-21)47(44)24-6-4-5-22(16-24)45-23-18-36(19-23)17-20-7-8-25-26(15-20)31(42)38(30(25)41)27-9-10-28(39)35-29(27)40/h4-8,15-16,21,23,27H,9-14,17-19H2,1-3H3,(H,34,43)(H,35,39,40). The first-order chi connectivity index (χ1) is 22.3. The zero-order valence-corrected chi connectivity index (χ0v) is 27.5. The van der Waals surface area contributed by atoms with Gasteiger partial charge in [0.25, 0.3) is 11.8 Å². The molecule has 4 heterocycles. The van der Waals surface area contributed by atoms with Gasteiger partial charge >= 0.3 is 6.09 Å². The van der Waals surface area contributed by atoms with E-state index in [1.165, 1.54) is 0 Å². The summed E-state index contributed by atoms with van der Waals surface area (Å²) in [5.74, 6) is -1.45. The summed E-state index contributed by atoms with van der Waals surface area (Å²) < 4.78 is 26.8. The third-order valence-electron chi connectivity index (χ3n) is 8.55. The number of imide groups is 2. The molecule has 3 saturated heterocycles. The topological polar surface area (TPSA) is 161 Å². The monoisotopic (exact) mass is 665 g/mol. The minimum Gasteiger partial charge on any atom is -0.593 e. The second-order valence-electron chi connectivity index (χ2n) is 13.3. The number of likely N-dealkylation sites (tertiary alicyclic amines) is 1. The molecular weight excluding hydrogens is 626 g/mol. The Bertz CT molecular complexity index is 1580. The van der Waals surface area contributed by atoms with E-state index in [9.17, 15) is 28.5 Å². The summed E-state index contributed by atoms with van der Waals surface area (Å²) in [5, 5.41) is 5.11. The maximum atomic E-state index is 13.3. The second-order valence-corrected chi connectivity index (χ2v) is 14.8. The highest BCUT2D eigenvalue weighted by atomic mass is 32.2. The molecule has 2 N–H and O–H groups in total. The highest BCUT2D eigenvalue weighted by Gasteiger charge is 2.44. The molecule has 4 aliphatic rings. The van der Waals surface area contributed by atoms with Crippen LogP contribution in [0.4, 0.5) is 4.79 Å². The molecule has 13 nitrogen and oxygen atoms in total. The number of carbonyl (C=O) groups excluding carboxylic acids is 5. The molecule has 0 aromatic heterocycles. The van der Waals surface area contributed by atoms with Crippen LogP contribution in [0.3, 0.4) is 0 Å². The van der Waals surface area contributed by atoms with E-state index >= 15 is 0 Å². The molecule has 2 aromatic rings. The van der Waals surface area contributed by atoms with Gasteiger partial charge in [0.2, 0.25) is 11.8 Å². The van der Waals surface area contributed by atoms with Gasteiger partial charge in [0.15, 0.2) is 4.90 Å². The van der Waals surface area contributed by atoms with Gasteiger partial charge in [-0.1, -0.05) is 12.1 Å². The molecule has 2 aromatic carbocycles. The van der Waals surface area contributed by atoms with Crippen LogP contribution in [0, 0.1) is 0 Å². The van der Waals surface area contributed by atoms with Gasteiger partial charge < -0.3 is 19.3 Å². The van der Waals surface area contributed by atoms with Crippen LogP contribution in [0.2, 0.25) is 0 Å². The van der Waals surface area contributed by atoms with Crippen molar-refractivity contribution in [2.24, 2.45) is 0 Å². The first-order valence-corrected chi connectivity index (χ1v) is 17.0. The van der Waals surface area contributed by atoms with E-state index in [0.29, 0.717) is 56.2 Å². The van der Waals surface area contributed by atoms with Crippen molar-refractivity contribution in [3.63, 3.8) is 0 Å². The van der Waals surface area contributed by atoms with Gasteiger partial charge in [-0.3, -0.25) is 34.3 Å². The maximum Gasteiger partial charge on any atom is 0.407 e. The number of fused-ring (bicyclic) bond motifs is 1. The van der Waals surface area contributed by atoms with Crippen LogP contribution < -0.4 is 15.4 Å². The van der Waals surface area contributed by atoms with Crippen molar-refractivity contribution in [1.29, 1.82) is 0 Å². The zero-order valence-electron chi connectivity index (χ0n) is 26.7. The Balaban J connectivity index is 0.975. The van der Waals surface area contributed by atoms with Crippen molar-refractivity contribution in [2.75, 3.05) is 26.2 Å². The molecule has 47 heavy (non-hydrogen) atoms. The summed E-state index contributed by atoms with van der Waals surface area (Å²) in [6.45, 7) is 8.47. The van der Waals surface area contributed by atoms with E-state index in [1.807, 2.05) is 43.3 Å². The van der Waals surface area contributed by atoms with Crippen molar-refractivity contribution in [1.82, 2.24) is 24.7 Å². The molecule has 4 aliphatic heterocycles. The minimum absolute atomic E-state index is 0.0263. The molecule has 2 atom stereocenters. The quantitative estimate of drug-likeness (QED) is 0.317. The molecule has 5 amide bonds. The molecule has 0 aliphatic carbocycles. The fourth-order valence-corrected chi connectivity index (χ4v) is 7.49. The summed E-state index contributed by atoms with van der Waals surface area (Å²) >= 11 is -1.36. The van der Waals surface area contributed by atoms with Gasteiger partial charge in [-0.2, -0.15) is 0 Å². The maximum absolute atomic E-state index is 13.3. The first-order valence-electron chi connectivity index (χ1n) is 15.8. The summed E-state index contributed by atoms with van der Waals surface area (Å²) in [6.07, 6.45) is 1.04. The third kappa shape index (κ3) is 7.45. The molecule has 0 radical (unpaired) electrons. The van der Waals surface area contributed by atoms with E-state index in [2.05, 4.69) is 15.5 Å². The predicted octanol–water partition coefficient (Wildman–Crippen LogP) is 2.36. The molecule has 6 rings (SSSR count). The van der Waals surface area contributed by atoms with E-state index in [-0.39, 0.29) is 36.1 Å². The van der Waals surface area contributed by atoms with Crippen LogP contribution in [0.1, 0.15) is 72.7 Å². The first kappa shape index (κ1) is 32.9. The molecule has 0 bridgehead atoms. The van der Waals surface area contributed by atoms with Crippen molar-refractivity contribution in [2.45, 2.75) is 81.7 Å². The number of nitrogens with one attached hydrogen (secondary N) is 2. The number of benzene rings is 2. The van der Waals surface area contributed by atoms with Gasteiger partial charge in [-0.05, 0) is 69.9 Å². The van der Waals surface area contributed by atoms with Crippen LogP contribution in [0.5, 0.6) is 5.75 Å². The number of hydrogen-bond donors (Lipinski definition) is 2. The number of alkyl carbamates (subject to hydrolysis) is 1. The molecular formula is C33H39N5O8S. The van der Waals surface area contributed by atoms with Crippen molar-refractivity contribution >= 4 is 41.1 Å². The fraction of sp³-hybridized carbons (Fsp3) is 0.485. The Kier molecular flexibility index (Phi) is 9.29. The normalized spacial score (nSPS) is 22.0. The Morgan fingerprint density at radius 2 is 1.72 bits per heavy atom. The molecule has 0 spiro atoms. The second kappa shape index (κ2) is 13.3. The third-order valence-corrected chi connectivity index (χ3v) is 10.0. The molecule has 0 saturated carbocycles.